The number of aromatic nitrogens is 2. The van der Waals surface area contributed by atoms with E-state index < -0.39 is 11.2 Å². The van der Waals surface area contributed by atoms with Gasteiger partial charge in [0.05, 0.1) is 0 Å². The first kappa shape index (κ1) is 17.3. The van der Waals surface area contributed by atoms with Crippen LogP contribution in [0.2, 0.25) is 0 Å². The number of nitrogens with zero attached hydrogens (tertiary/aromatic N) is 2. The van der Waals surface area contributed by atoms with Crippen LogP contribution in [-0.4, -0.2) is 20.4 Å². The van der Waals surface area contributed by atoms with Gasteiger partial charge in [0.25, 0.3) is 11.8 Å². The van der Waals surface area contributed by atoms with Gasteiger partial charge >= 0.3 is 0 Å². The Morgan fingerprint density at radius 2 is 1.00 bits per heavy atom. The van der Waals surface area contributed by atoms with Crippen LogP contribution < -0.4 is 0 Å². The van der Waals surface area contributed by atoms with Gasteiger partial charge in [-0.05, 0) is 38.8 Å². The highest BCUT2D eigenvalue weighted by Crippen LogP contribution is 2.33. The molecule has 0 fully saturated rings. The third-order valence-electron chi connectivity index (χ3n) is 4.49. The van der Waals surface area contributed by atoms with Gasteiger partial charge in [-0.3, -0.25) is 0 Å². The third-order valence-corrected chi connectivity index (χ3v) is 4.49. The van der Waals surface area contributed by atoms with Gasteiger partial charge in [0.15, 0.2) is 11.2 Å². The van der Waals surface area contributed by atoms with Crippen LogP contribution in [0.15, 0.2) is 52.9 Å². The van der Waals surface area contributed by atoms with E-state index in [9.17, 15) is 10.2 Å². The summed E-state index contributed by atoms with van der Waals surface area (Å²) in [4.78, 5) is 0. The molecule has 2 unspecified atom stereocenters. The second-order valence-corrected chi connectivity index (χ2v) is 6.79. The highest BCUT2D eigenvalue weighted by Gasteiger charge is 2.37. The van der Waals surface area contributed by atoms with Crippen molar-refractivity contribution in [3.05, 3.63) is 82.6 Å². The van der Waals surface area contributed by atoms with Gasteiger partial charge in [0.2, 0.25) is 0 Å². The standard InChI is InChI=1S/C20H22N2O3/c1-13-5-9-15(10-6-13)19(3,23)17-21-22-18(25-17)20(4,24)16-11-7-14(2)8-12-16/h5-12,23-24H,1-4H3. The monoisotopic (exact) mass is 338 g/mol. The van der Waals surface area contributed by atoms with E-state index in [1.54, 1.807) is 13.8 Å². The van der Waals surface area contributed by atoms with Gasteiger partial charge in [-0.25, -0.2) is 0 Å². The number of hydrogen-bond donors (Lipinski definition) is 2. The van der Waals surface area contributed by atoms with Crippen molar-refractivity contribution in [2.24, 2.45) is 0 Å². The Hall–Kier alpha value is -2.50. The van der Waals surface area contributed by atoms with Crippen molar-refractivity contribution in [3.63, 3.8) is 0 Å². The molecule has 2 N–H and O–H groups in total. The van der Waals surface area contributed by atoms with Crippen LogP contribution in [0.5, 0.6) is 0 Å². The predicted octanol–water partition coefficient (Wildman–Crippen LogP) is 3.20. The topological polar surface area (TPSA) is 79.4 Å². The van der Waals surface area contributed by atoms with Crippen molar-refractivity contribution in [2.45, 2.75) is 38.9 Å². The lowest BCUT2D eigenvalue weighted by atomic mass is 9.94. The van der Waals surface area contributed by atoms with E-state index in [4.69, 9.17) is 4.42 Å². The van der Waals surface area contributed by atoms with E-state index in [0.29, 0.717) is 11.1 Å². The summed E-state index contributed by atoms with van der Waals surface area (Å²) in [6, 6.07) is 14.9. The average Bonchev–Trinajstić information content (AvgIpc) is 3.07. The van der Waals surface area contributed by atoms with Crippen LogP contribution >= 0.6 is 0 Å². The summed E-state index contributed by atoms with van der Waals surface area (Å²) in [6.07, 6.45) is 0. The van der Waals surface area contributed by atoms with Crippen LogP contribution in [0.3, 0.4) is 0 Å². The SMILES string of the molecule is Cc1ccc(C(C)(O)c2nnc(C(C)(O)c3ccc(C)cc3)o2)cc1. The number of aryl methyl sites for hydroxylation is 2. The van der Waals surface area contributed by atoms with Gasteiger partial charge < -0.3 is 14.6 Å². The third kappa shape index (κ3) is 3.21. The van der Waals surface area contributed by atoms with Gasteiger partial charge in [0, 0.05) is 0 Å². The van der Waals surface area contributed by atoms with Crippen LogP contribution in [0, 0.1) is 13.8 Å². The second kappa shape index (κ2) is 6.10. The molecule has 2 aromatic carbocycles. The second-order valence-electron chi connectivity index (χ2n) is 6.79. The lowest BCUT2D eigenvalue weighted by Gasteiger charge is -2.21. The smallest absolute Gasteiger partial charge is 0.252 e. The molecule has 5 heteroatoms. The summed E-state index contributed by atoms with van der Waals surface area (Å²) in [5, 5.41) is 29.7. The molecule has 0 aliphatic rings. The Morgan fingerprint density at radius 3 is 1.32 bits per heavy atom. The van der Waals surface area contributed by atoms with Gasteiger partial charge in [0.1, 0.15) is 0 Å². The molecule has 2 atom stereocenters. The summed E-state index contributed by atoms with van der Waals surface area (Å²) in [6.45, 7) is 7.13. The summed E-state index contributed by atoms with van der Waals surface area (Å²) < 4.78 is 5.66. The summed E-state index contributed by atoms with van der Waals surface area (Å²) in [5.41, 5.74) is 0.581. The van der Waals surface area contributed by atoms with Gasteiger partial charge in [-0.2, -0.15) is 0 Å². The average molecular weight is 338 g/mol. The highest BCUT2D eigenvalue weighted by atomic mass is 16.4. The maximum Gasteiger partial charge on any atom is 0.252 e. The maximum atomic E-state index is 10.9. The van der Waals surface area contributed by atoms with Crippen LogP contribution in [0.4, 0.5) is 0 Å². The quantitative estimate of drug-likeness (QED) is 0.764. The molecule has 3 rings (SSSR count). The molecule has 0 saturated carbocycles. The Balaban J connectivity index is 1.96. The largest absolute Gasteiger partial charge is 0.418 e. The number of benzene rings is 2. The molecule has 1 heterocycles. The zero-order chi connectivity index (χ0) is 18.2. The van der Waals surface area contributed by atoms with Crippen molar-refractivity contribution in [2.75, 3.05) is 0 Å². The zero-order valence-electron chi connectivity index (χ0n) is 14.8. The summed E-state index contributed by atoms with van der Waals surface area (Å²) in [5.74, 6) is 0.0810. The lowest BCUT2D eigenvalue weighted by molar-refractivity contribution is 0.0455. The maximum absolute atomic E-state index is 10.9. The molecular weight excluding hydrogens is 316 g/mol. The van der Waals surface area contributed by atoms with Gasteiger partial charge in [-0.15, -0.1) is 10.2 Å². The lowest BCUT2D eigenvalue weighted by Crippen LogP contribution is -2.24. The van der Waals surface area contributed by atoms with E-state index in [0.717, 1.165) is 11.1 Å². The van der Waals surface area contributed by atoms with E-state index >= 15 is 0 Å². The molecule has 0 saturated heterocycles. The molecule has 0 aliphatic heterocycles. The van der Waals surface area contributed by atoms with Gasteiger partial charge in [-0.1, -0.05) is 59.7 Å². The first-order chi connectivity index (χ1) is 11.7. The Labute approximate surface area is 147 Å². The fourth-order valence-electron chi connectivity index (χ4n) is 2.62. The Bertz CT molecular complexity index is 791. The molecule has 0 amide bonds. The molecule has 0 aliphatic carbocycles. The fourth-order valence-corrected chi connectivity index (χ4v) is 2.62. The minimum atomic E-state index is -1.44. The molecule has 25 heavy (non-hydrogen) atoms. The number of rotatable bonds is 4. The van der Waals surface area contributed by atoms with E-state index in [2.05, 4.69) is 10.2 Å². The molecule has 130 valence electrons. The molecule has 0 radical (unpaired) electrons. The van der Waals surface area contributed by atoms with Crippen LogP contribution in [-0.2, 0) is 11.2 Å². The minimum Gasteiger partial charge on any atom is -0.418 e. The molecule has 3 aromatic rings. The van der Waals surface area contributed by atoms with Crippen molar-refractivity contribution >= 4 is 0 Å². The van der Waals surface area contributed by atoms with Crippen molar-refractivity contribution in [3.8, 4) is 0 Å². The van der Waals surface area contributed by atoms with E-state index in [1.807, 2.05) is 62.4 Å². The normalized spacial score (nSPS) is 16.2. The molecule has 0 spiro atoms. The highest BCUT2D eigenvalue weighted by molar-refractivity contribution is 5.32. The van der Waals surface area contributed by atoms with Crippen molar-refractivity contribution in [1.82, 2.24) is 10.2 Å². The first-order valence-corrected chi connectivity index (χ1v) is 8.15. The van der Waals surface area contributed by atoms with E-state index in [-0.39, 0.29) is 11.8 Å². The Morgan fingerprint density at radius 1 is 0.680 bits per heavy atom. The summed E-state index contributed by atoms with van der Waals surface area (Å²) >= 11 is 0. The van der Waals surface area contributed by atoms with Crippen LogP contribution in [0.1, 0.15) is 47.9 Å². The summed E-state index contributed by atoms with van der Waals surface area (Å²) in [7, 11) is 0. The Kier molecular flexibility index (Phi) is 4.22. The molecule has 0 bridgehead atoms. The molecule has 5 nitrogen and oxygen atoms in total. The number of hydrogen-bond acceptors (Lipinski definition) is 5. The van der Waals surface area contributed by atoms with Crippen molar-refractivity contribution < 1.29 is 14.6 Å². The predicted molar refractivity (Wildman–Crippen MR) is 94.0 cm³/mol. The minimum absolute atomic E-state index is 0.0405. The molecule has 1 aromatic heterocycles. The number of aliphatic hydroxyl groups is 2. The molecular formula is C20H22N2O3. The van der Waals surface area contributed by atoms with Crippen molar-refractivity contribution in [1.29, 1.82) is 0 Å². The van der Waals surface area contributed by atoms with E-state index in [1.165, 1.54) is 0 Å². The fraction of sp³-hybridized carbons (Fsp3) is 0.300. The first-order valence-electron chi connectivity index (χ1n) is 8.15. The van der Waals surface area contributed by atoms with Crippen LogP contribution in [0.25, 0.3) is 0 Å². The zero-order valence-corrected chi connectivity index (χ0v) is 14.8.